The molecule has 2 aliphatic rings. The van der Waals surface area contributed by atoms with Crippen molar-refractivity contribution in [2.75, 3.05) is 11.9 Å². The molecule has 0 bridgehead atoms. The molecule has 2 aromatic carbocycles. The molecule has 2 aromatic rings. The lowest BCUT2D eigenvalue weighted by atomic mass is 10.1. The lowest BCUT2D eigenvalue weighted by molar-refractivity contribution is -0.124. The van der Waals surface area contributed by atoms with Crippen LogP contribution in [0.25, 0.3) is 0 Å². The zero-order valence-electron chi connectivity index (χ0n) is 14.5. The predicted molar refractivity (Wildman–Crippen MR) is 99.0 cm³/mol. The first-order valence-electron chi connectivity index (χ1n) is 9.12. The van der Waals surface area contributed by atoms with Gasteiger partial charge in [0.1, 0.15) is 6.10 Å². The molecule has 26 heavy (non-hydrogen) atoms. The SMILES string of the molecule is O=C(NC1CCc2ccccc21)c1cccc(NC(=O)C2CCCO2)c1. The Balaban J connectivity index is 1.43. The zero-order chi connectivity index (χ0) is 17.9. The van der Waals surface area contributed by atoms with E-state index in [2.05, 4.69) is 22.8 Å². The monoisotopic (exact) mass is 350 g/mol. The first-order valence-corrected chi connectivity index (χ1v) is 9.12. The van der Waals surface area contributed by atoms with Gasteiger partial charge in [0.05, 0.1) is 6.04 Å². The largest absolute Gasteiger partial charge is 0.368 e. The van der Waals surface area contributed by atoms with Gasteiger partial charge in [0.2, 0.25) is 0 Å². The third kappa shape index (κ3) is 3.48. The molecule has 0 spiro atoms. The second-order valence-corrected chi connectivity index (χ2v) is 6.84. The summed E-state index contributed by atoms with van der Waals surface area (Å²) < 4.78 is 5.40. The van der Waals surface area contributed by atoms with Gasteiger partial charge in [0.25, 0.3) is 11.8 Å². The van der Waals surface area contributed by atoms with Crippen molar-refractivity contribution >= 4 is 17.5 Å². The van der Waals surface area contributed by atoms with Crippen LogP contribution in [0, 0.1) is 0 Å². The number of benzene rings is 2. The summed E-state index contributed by atoms with van der Waals surface area (Å²) >= 11 is 0. The van der Waals surface area contributed by atoms with Gasteiger partial charge in [-0.15, -0.1) is 0 Å². The summed E-state index contributed by atoms with van der Waals surface area (Å²) in [5.74, 6) is -0.273. The van der Waals surface area contributed by atoms with Gasteiger partial charge < -0.3 is 15.4 Å². The molecule has 2 amide bonds. The van der Waals surface area contributed by atoms with Crippen molar-refractivity contribution < 1.29 is 14.3 Å². The molecular formula is C21H22N2O3. The normalized spacial score (nSPS) is 21.2. The minimum Gasteiger partial charge on any atom is -0.368 e. The summed E-state index contributed by atoms with van der Waals surface area (Å²) in [5.41, 5.74) is 3.66. The number of carbonyl (C=O) groups excluding carboxylic acids is 2. The molecule has 5 nitrogen and oxygen atoms in total. The van der Waals surface area contributed by atoms with E-state index in [1.165, 1.54) is 11.1 Å². The first-order chi connectivity index (χ1) is 12.7. The average Bonchev–Trinajstić information content (AvgIpc) is 3.32. The smallest absolute Gasteiger partial charge is 0.253 e. The maximum Gasteiger partial charge on any atom is 0.253 e. The molecular weight excluding hydrogens is 328 g/mol. The van der Waals surface area contributed by atoms with E-state index in [0.717, 1.165) is 25.7 Å². The topological polar surface area (TPSA) is 67.4 Å². The van der Waals surface area contributed by atoms with Crippen molar-refractivity contribution in [1.29, 1.82) is 0 Å². The van der Waals surface area contributed by atoms with E-state index in [-0.39, 0.29) is 24.0 Å². The Morgan fingerprint density at radius 3 is 2.77 bits per heavy atom. The van der Waals surface area contributed by atoms with Crippen LogP contribution in [0.3, 0.4) is 0 Å². The molecule has 2 N–H and O–H groups in total. The molecule has 134 valence electrons. The second kappa shape index (κ2) is 7.30. The van der Waals surface area contributed by atoms with Crippen LogP contribution in [-0.2, 0) is 16.0 Å². The molecule has 1 heterocycles. The predicted octanol–water partition coefficient (Wildman–Crippen LogP) is 3.22. The lowest BCUT2D eigenvalue weighted by Gasteiger charge is -2.15. The van der Waals surface area contributed by atoms with Crippen LogP contribution in [0.2, 0.25) is 0 Å². The van der Waals surface area contributed by atoms with E-state index >= 15 is 0 Å². The number of amides is 2. The fraction of sp³-hybridized carbons (Fsp3) is 0.333. The summed E-state index contributed by atoms with van der Waals surface area (Å²) in [6.07, 6.45) is 3.16. The molecule has 1 fully saturated rings. The van der Waals surface area contributed by atoms with E-state index in [0.29, 0.717) is 17.9 Å². The standard InChI is InChI=1S/C21H22N2O3/c24-20(23-18-11-10-14-5-1-2-8-17(14)18)15-6-3-7-16(13-15)22-21(25)19-9-4-12-26-19/h1-3,5-8,13,18-19H,4,9-12H2,(H,22,25)(H,23,24). The van der Waals surface area contributed by atoms with Gasteiger partial charge in [-0.1, -0.05) is 30.3 Å². The molecule has 1 aliphatic carbocycles. The van der Waals surface area contributed by atoms with Crippen LogP contribution in [0.1, 0.15) is 46.8 Å². The van der Waals surface area contributed by atoms with E-state index in [1.54, 1.807) is 24.3 Å². The highest BCUT2D eigenvalue weighted by Crippen LogP contribution is 2.31. The third-order valence-electron chi connectivity index (χ3n) is 5.05. The summed E-state index contributed by atoms with van der Waals surface area (Å²) in [6, 6.07) is 15.3. The number of ether oxygens (including phenoxy) is 1. The third-order valence-corrected chi connectivity index (χ3v) is 5.05. The van der Waals surface area contributed by atoms with Gasteiger partial charge in [-0.2, -0.15) is 0 Å². The molecule has 0 saturated carbocycles. The molecule has 4 rings (SSSR count). The van der Waals surface area contributed by atoms with E-state index in [9.17, 15) is 9.59 Å². The summed E-state index contributed by atoms with van der Waals surface area (Å²) in [7, 11) is 0. The number of aryl methyl sites for hydroxylation is 1. The lowest BCUT2D eigenvalue weighted by Crippen LogP contribution is -2.28. The number of rotatable bonds is 4. The number of carbonyl (C=O) groups is 2. The van der Waals surface area contributed by atoms with Gasteiger partial charge in [0.15, 0.2) is 0 Å². The van der Waals surface area contributed by atoms with Crippen molar-refractivity contribution in [1.82, 2.24) is 5.32 Å². The van der Waals surface area contributed by atoms with Gasteiger partial charge in [-0.25, -0.2) is 0 Å². The van der Waals surface area contributed by atoms with Gasteiger partial charge in [0, 0.05) is 17.9 Å². The highest BCUT2D eigenvalue weighted by atomic mass is 16.5. The van der Waals surface area contributed by atoms with Crippen LogP contribution >= 0.6 is 0 Å². The molecule has 0 aromatic heterocycles. The fourth-order valence-electron chi connectivity index (χ4n) is 3.69. The van der Waals surface area contributed by atoms with Crippen molar-refractivity contribution in [3.8, 4) is 0 Å². The minimum absolute atomic E-state index is 0.0452. The number of hydrogen-bond donors (Lipinski definition) is 2. The molecule has 1 aliphatic heterocycles. The highest BCUT2D eigenvalue weighted by Gasteiger charge is 2.25. The van der Waals surface area contributed by atoms with Gasteiger partial charge >= 0.3 is 0 Å². The Morgan fingerprint density at radius 2 is 1.92 bits per heavy atom. The first kappa shape index (κ1) is 16.8. The minimum atomic E-state index is -0.387. The molecule has 2 unspecified atom stereocenters. The Bertz CT molecular complexity index is 828. The number of hydrogen-bond acceptors (Lipinski definition) is 3. The van der Waals surface area contributed by atoms with E-state index < -0.39 is 0 Å². The van der Waals surface area contributed by atoms with Crippen LogP contribution in [0.4, 0.5) is 5.69 Å². The molecule has 2 atom stereocenters. The molecule has 0 radical (unpaired) electrons. The second-order valence-electron chi connectivity index (χ2n) is 6.84. The van der Waals surface area contributed by atoms with Crippen molar-refractivity contribution in [2.24, 2.45) is 0 Å². The van der Waals surface area contributed by atoms with E-state index in [1.807, 2.05) is 12.1 Å². The number of fused-ring (bicyclic) bond motifs is 1. The van der Waals surface area contributed by atoms with Crippen LogP contribution in [0.5, 0.6) is 0 Å². The Labute approximate surface area is 152 Å². The van der Waals surface area contributed by atoms with Crippen molar-refractivity contribution in [2.45, 2.75) is 37.8 Å². The van der Waals surface area contributed by atoms with Crippen LogP contribution in [0.15, 0.2) is 48.5 Å². The Morgan fingerprint density at radius 1 is 1.04 bits per heavy atom. The Hall–Kier alpha value is -2.66. The van der Waals surface area contributed by atoms with Crippen molar-refractivity contribution in [3.05, 3.63) is 65.2 Å². The van der Waals surface area contributed by atoms with Crippen LogP contribution in [-0.4, -0.2) is 24.5 Å². The number of anilines is 1. The fourth-order valence-corrected chi connectivity index (χ4v) is 3.69. The van der Waals surface area contributed by atoms with E-state index in [4.69, 9.17) is 4.74 Å². The quantitative estimate of drug-likeness (QED) is 0.890. The molecule has 1 saturated heterocycles. The Kier molecular flexibility index (Phi) is 4.71. The average molecular weight is 350 g/mol. The summed E-state index contributed by atoms with van der Waals surface area (Å²) in [6.45, 7) is 0.628. The maximum atomic E-state index is 12.7. The summed E-state index contributed by atoms with van der Waals surface area (Å²) in [5, 5.41) is 5.96. The highest BCUT2D eigenvalue weighted by molar-refractivity contribution is 5.98. The number of nitrogens with one attached hydrogen (secondary N) is 2. The van der Waals surface area contributed by atoms with Gasteiger partial charge in [-0.3, -0.25) is 9.59 Å². The summed E-state index contributed by atoms with van der Waals surface area (Å²) in [4.78, 5) is 24.8. The van der Waals surface area contributed by atoms with Gasteiger partial charge in [-0.05, 0) is 55.0 Å². The van der Waals surface area contributed by atoms with Crippen LogP contribution < -0.4 is 10.6 Å². The maximum absolute atomic E-state index is 12.7. The van der Waals surface area contributed by atoms with Crippen molar-refractivity contribution in [3.63, 3.8) is 0 Å². The zero-order valence-corrected chi connectivity index (χ0v) is 14.5. The molecule has 5 heteroatoms.